The van der Waals surface area contributed by atoms with Crippen molar-refractivity contribution in [3.63, 3.8) is 0 Å². The van der Waals surface area contributed by atoms with Gasteiger partial charge in [0.2, 0.25) is 5.91 Å². The summed E-state index contributed by atoms with van der Waals surface area (Å²) in [6.45, 7) is 5.52. The van der Waals surface area contributed by atoms with E-state index < -0.39 is 11.5 Å². The first kappa shape index (κ1) is 15.2. The van der Waals surface area contributed by atoms with Crippen molar-refractivity contribution in [2.45, 2.75) is 45.1 Å². The minimum absolute atomic E-state index is 0.0486. The van der Waals surface area contributed by atoms with Crippen LogP contribution in [-0.2, 0) is 9.59 Å². The maximum Gasteiger partial charge on any atom is 0.303 e. The van der Waals surface area contributed by atoms with Gasteiger partial charge in [-0.25, -0.2) is 0 Å². The van der Waals surface area contributed by atoms with Crippen molar-refractivity contribution in [3.05, 3.63) is 35.9 Å². The van der Waals surface area contributed by atoms with E-state index in [-0.39, 0.29) is 18.2 Å². The summed E-state index contributed by atoms with van der Waals surface area (Å²) in [6, 6.07) is 9.53. The molecule has 19 heavy (non-hydrogen) atoms. The van der Waals surface area contributed by atoms with Gasteiger partial charge in [0.15, 0.2) is 0 Å². The molecule has 0 aromatic heterocycles. The van der Waals surface area contributed by atoms with Crippen LogP contribution in [0.3, 0.4) is 0 Å². The van der Waals surface area contributed by atoms with Crippen LogP contribution in [0.15, 0.2) is 30.3 Å². The Labute approximate surface area is 113 Å². The third-order valence-electron chi connectivity index (χ3n) is 3.12. The second-order valence-electron chi connectivity index (χ2n) is 5.40. The molecule has 1 rings (SSSR count). The summed E-state index contributed by atoms with van der Waals surface area (Å²) in [7, 11) is 0. The lowest BCUT2D eigenvalue weighted by molar-refractivity contribution is -0.137. The molecule has 1 aromatic carbocycles. The number of nitrogens with one attached hydrogen (secondary N) is 1. The quantitative estimate of drug-likeness (QED) is 0.829. The highest BCUT2D eigenvalue weighted by atomic mass is 16.4. The molecule has 1 unspecified atom stereocenters. The standard InChI is InChI=1S/C15H21NO3/c1-11(12-7-5-4-6-8-12)14(19)16-15(2,3)10-9-13(17)18/h4-8,11H,9-10H2,1-3H3,(H,16,19)(H,17,18). The number of benzene rings is 1. The van der Waals surface area contributed by atoms with Crippen molar-refractivity contribution in [1.29, 1.82) is 0 Å². The maximum absolute atomic E-state index is 12.1. The first-order valence-corrected chi connectivity index (χ1v) is 6.40. The molecule has 104 valence electrons. The molecule has 0 radical (unpaired) electrons. The minimum atomic E-state index is -0.849. The van der Waals surface area contributed by atoms with Gasteiger partial charge in [-0.1, -0.05) is 30.3 Å². The first-order chi connectivity index (χ1) is 8.82. The lowest BCUT2D eigenvalue weighted by atomic mass is 9.95. The summed E-state index contributed by atoms with van der Waals surface area (Å²) in [4.78, 5) is 22.7. The van der Waals surface area contributed by atoms with E-state index in [2.05, 4.69) is 5.32 Å². The van der Waals surface area contributed by atoms with Crippen molar-refractivity contribution >= 4 is 11.9 Å². The molecule has 0 spiro atoms. The SMILES string of the molecule is CC(C(=O)NC(C)(C)CCC(=O)O)c1ccccc1. The molecular formula is C15H21NO3. The fourth-order valence-electron chi connectivity index (χ4n) is 1.82. The molecule has 0 aliphatic rings. The zero-order valence-corrected chi connectivity index (χ0v) is 11.6. The minimum Gasteiger partial charge on any atom is -0.481 e. The van der Waals surface area contributed by atoms with Gasteiger partial charge in [-0.2, -0.15) is 0 Å². The zero-order chi connectivity index (χ0) is 14.5. The van der Waals surface area contributed by atoms with E-state index in [0.29, 0.717) is 6.42 Å². The Balaban J connectivity index is 2.61. The van der Waals surface area contributed by atoms with Gasteiger partial charge < -0.3 is 10.4 Å². The highest BCUT2D eigenvalue weighted by Crippen LogP contribution is 2.18. The first-order valence-electron chi connectivity index (χ1n) is 6.40. The number of aliphatic carboxylic acids is 1. The predicted octanol–water partition coefficient (Wildman–Crippen LogP) is 2.55. The second kappa shape index (κ2) is 6.36. The lowest BCUT2D eigenvalue weighted by Crippen LogP contribution is -2.45. The average Bonchev–Trinajstić information content (AvgIpc) is 2.36. The van der Waals surface area contributed by atoms with Crippen LogP contribution in [0.2, 0.25) is 0 Å². The number of carbonyl (C=O) groups is 2. The number of carbonyl (C=O) groups excluding carboxylic acids is 1. The fourth-order valence-corrected chi connectivity index (χ4v) is 1.82. The van der Waals surface area contributed by atoms with E-state index in [9.17, 15) is 9.59 Å². The topological polar surface area (TPSA) is 66.4 Å². The fraction of sp³-hybridized carbons (Fsp3) is 0.467. The number of amides is 1. The molecule has 1 aromatic rings. The van der Waals surface area contributed by atoms with Gasteiger partial charge in [0.05, 0.1) is 5.92 Å². The van der Waals surface area contributed by atoms with Crippen molar-refractivity contribution in [2.24, 2.45) is 0 Å². The Morgan fingerprint density at radius 1 is 1.26 bits per heavy atom. The molecule has 1 amide bonds. The highest BCUT2D eigenvalue weighted by Gasteiger charge is 2.24. The summed E-state index contributed by atoms with van der Waals surface area (Å²) in [5.74, 6) is -1.18. The van der Waals surface area contributed by atoms with E-state index in [4.69, 9.17) is 5.11 Å². The van der Waals surface area contributed by atoms with E-state index in [1.165, 1.54) is 0 Å². The third kappa shape index (κ3) is 5.12. The third-order valence-corrected chi connectivity index (χ3v) is 3.12. The molecule has 2 N–H and O–H groups in total. The van der Waals surface area contributed by atoms with E-state index in [0.717, 1.165) is 5.56 Å². The number of rotatable bonds is 6. The van der Waals surface area contributed by atoms with Crippen molar-refractivity contribution in [1.82, 2.24) is 5.32 Å². The number of carboxylic acids is 1. The van der Waals surface area contributed by atoms with Crippen molar-refractivity contribution in [2.75, 3.05) is 0 Å². The molecule has 0 fully saturated rings. The molecule has 0 aliphatic carbocycles. The van der Waals surface area contributed by atoms with E-state index in [1.54, 1.807) is 0 Å². The van der Waals surface area contributed by atoms with Crippen LogP contribution >= 0.6 is 0 Å². The molecular weight excluding hydrogens is 242 g/mol. The van der Waals surface area contributed by atoms with Crippen LogP contribution in [0, 0.1) is 0 Å². The van der Waals surface area contributed by atoms with E-state index in [1.807, 2.05) is 51.1 Å². The molecule has 0 saturated heterocycles. The van der Waals surface area contributed by atoms with Crippen molar-refractivity contribution < 1.29 is 14.7 Å². The second-order valence-corrected chi connectivity index (χ2v) is 5.40. The maximum atomic E-state index is 12.1. The Bertz CT molecular complexity index is 440. The molecule has 4 heteroatoms. The Morgan fingerprint density at radius 2 is 1.84 bits per heavy atom. The van der Waals surface area contributed by atoms with Gasteiger partial charge in [0, 0.05) is 12.0 Å². The van der Waals surface area contributed by atoms with Gasteiger partial charge in [0.1, 0.15) is 0 Å². The summed E-state index contributed by atoms with van der Waals surface area (Å²) >= 11 is 0. The van der Waals surface area contributed by atoms with Gasteiger partial charge in [-0.05, 0) is 32.8 Å². The van der Waals surface area contributed by atoms with Gasteiger partial charge in [-0.15, -0.1) is 0 Å². The Morgan fingerprint density at radius 3 is 2.37 bits per heavy atom. The number of carboxylic acid groups (broad SMARTS) is 1. The zero-order valence-electron chi connectivity index (χ0n) is 11.6. The largest absolute Gasteiger partial charge is 0.481 e. The smallest absolute Gasteiger partial charge is 0.303 e. The van der Waals surface area contributed by atoms with Crippen LogP contribution < -0.4 is 5.32 Å². The summed E-state index contributed by atoms with van der Waals surface area (Å²) in [5, 5.41) is 11.6. The monoisotopic (exact) mass is 263 g/mol. The Kier molecular flexibility index (Phi) is 5.10. The van der Waals surface area contributed by atoms with Crippen LogP contribution in [0.1, 0.15) is 45.1 Å². The Hall–Kier alpha value is -1.84. The molecule has 4 nitrogen and oxygen atoms in total. The molecule has 0 bridgehead atoms. The van der Waals surface area contributed by atoms with Gasteiger partial charge in [-0.3, -0.25) is 9.59 Å². The molecule has 0 saturated carbocycles. The number of hydrogen-bond donors (Lipinski definition) is 2. The summed E-state index contributed by atoms with van der Waals surface area (Å²) in [5.41, 5.74) is 0.437. The molecule has 0 heterocycles. The van der Waals surface area contributed by atoms with Crippen LogP contribution in [-0.4, -0.2) is 22.5 Å². The van der Waals surface area contributed by atoms with Crippen LogP contribution in [0.4, 0.5) is 0 Å². The summed E-state index contributed by atoms with van der Waals surface area (Å²) < 4.78 is 0. The van der Waals surface area contributed by atoms with Gasteiger partial charge >= 0.3 is 5.97 Å². The number of hydrogen-bond acceptors (Lipinski definition) is 2. The normalized spacial score (nSPS) is 12.8. The van der Waals surface area contributed by atoms with Crippen LogP contribution in [0.5, 0.6) is 0 Å². The average molecular weight is 263 g/mol. The highest BCUT2D eigenvalue weighted by molar-refractivity contribution is 5.83. The van der Waals surface area contributed by atoms with Crippen molar-refractivity contribution in [3.8, 4) is 0 Å². The lowest BCUT2D eigenvalue weighted by Gasteiger charge is -2.27. The van der Waals surface area contributed by atoms with E-state index >= 15 is 0 Å². The summed E-state index contributed by atoms with van der Waals surface area (Å²) in [6.07, 6.45) is 0.461. The molecule has 1 atom stereocenters. The molecule has 0 aliphatic heterocycles. The van der Waals surface area contributed by atoms with Crippen LogP contribution in [0.25, 0.3) is 0 Å². The predicted molar refractivity (Wildman–Crippen MR) is 73.9 cm³/mol. The van der Waals surface area contributed by atoms with Gasteiger partial charge in [0.25, 0.3) is 0 Å².